The van der Waals surface area contributed by atoms with Gasteiger partial charge in [0.2, 0.25) is 5.91 Å². The molecule has 2 rings (SSSR count). The molecule has 2 aromatic rings. The summed E-state index contributed by atoms with van der Waals surface area (Å²) in [7, 11) is 0. The second kappa shape index (κ2) is 6.52. The van der Waals surface area contributed by atoms with Crippen molar-refractivity contribution in [2.45, 2.75) is 6.92 Å². The third-order valence-electron chi connectivity index (χ3n) is 2.79. The number of hydrogen-bond donors (Lipinski definition) is 2. The Bertz CT molecular complexity index is 631. The summed E-state index contributed by atoms with van der Waals surface area (Å²) in [6, 6.07) is 11.9. The first kappa shape index (κ1) is 14.5. The Morgan fingerprint density at radius 1 is 1.20 bits per heavy atom. The number of hydrogen-bond acceptors (Lipinski definition) is 2. The van der Waals surface area contributed by atoms with Gasteiger partial charge in [-0.3, -0.25) is 4.79 Å². The molecule has 0 aromatic heterocycles. The van der Waals surface area contributed by atoms with Gasteiger partial charge in [-0.05, 0) is 36.8 Å². The number of amides is 1. The molecule has 104 valence electrons. The van der Waals surface area contributed by atoms with E-state index >= 15 is 0 Å². The van der Waals surface area contributed by atoms with Crippen LogP contribution in [0.15, 0.2) is 46.9 Å². The third kappa shape index (κ3) is 3.81. The van der Waals surface area contributed by atoms with Gasteiger partial charge in [0, 0.05) is 10.2 Å². The predicted molar refractivity (Wildman–Crippen MR) is 82.4 cm³/mol. The lowest BCUT2D eigenvalue weighted by Crippen LogP contribution is -2.22. The van der Waals surface area contributed by atoms with E-state index in [9.17, 15) is 9.18 Å². The number of nitrogens with one attached hydrogen (secondary N) is 2. The van der Waals surface area contributed by atoms with E-state index in [1.54, 1.807) is 12.1 Å². The van der Waals surface area contributed by atoms with Crippen LogP contribution in [-0.2, 0) is 4.79 Å². The largest absolute Gasteiger partial charge is 0.376 e. The van der Waals surface area contributed by atoms with Gasteiger partial charge in [0.15, 0.2) is 0 Å². The van der Waals surface area contributed by atoms with E-state index in [0.29, 0.717) is 0 Å². The Balaban J connectivity index is 1.96. The molecular weight excluding hydrogens is 323 g/mol. The third-order valence-corrected chi connectivity index (χ3v) is 3.28. The van der Waals surface area contributed by atoms with Gasteiger partial charge in [-0.25, -0.2) is 4.39 Å². The van der Waals surface area contributed by atoms with Crippen LogP contribution in [0.2, 0.25) is 0 Å². The molecule has 1 amide bonds. The van der Waals surface area contributed by atoms with Crippen LogP contribution in [0, 0.1) is 12.7 Å². The van der Waals surface area contributed by atoms with Crippen molar-refractivity contribution >= 4 is 33.2 Å². The average molecular weight is 337 g/mol. The van der Waals surface area contributed by atoms with Crippen LogP contribution in [0.25, 0.3) is 0 Å². The zero-order chi connectivity index (χ0) is 14.5. The molecular formula is C15H14BrFN2O. The lowest BCUT2D eigenvalue weighted by Gasteiger charge is -2.10. The van der Waals surface area contributed by atoms with E-state index < -0.39 is 5.82 Å². The number of rotatable bonds is 4. The normalized spacial score (nSPS) is 10.2. The number of anilines is 2. The molecule has 0 heterocycles. The molecule has 0 spiro atoms. The number of halogens is 2. The first-order valence-electron chi connectivity index (χ1n) is 6.10. The van der Waals surface area contributed by atoms with Crippen molar-refractivity contribution < 1.29 is 9.18 Å². The summed E-state index contributed by atoms with van der Waals surface area (Å²) >= 11 is 3.38. The second-order valence-corrected chi connectivity index (χ2v) is 5.26. The van der Waals surface area contributed by atoms with Crippen LogP contribution < -0.4 is 10.6 Å². The summed E-state index contributed by atoms with van der Waals surface area (Å²) in [6.07, 6.45) is 0. The minimum atomic E-state index is -0.445. The molecule has 2 aromatic carbocycles. The fourth-order valence-electron chi connectivity index (χ4n) is 1.72. The summed E-state index contributed by atoms with van der Waals surface area (Å²) < 4.78 is 14.3. The first-order chi connectivity index (χ1) is 9.56. The minimum absolute atomic E-state index is 0.0750. The lowest BCUT2D eigenvalue weighted by atomic mass is 10.2. The van der Waals surface area contributed by atoms with Crippen LogP contribution in [0.5, 0.6) is 0 Å². The fourth-order valence-corrected chi connectivity index (χ4v) is 2.08. The molecule has 0 saturated carbocycles. The monoisotopic (exact) mass is 336 g/mol. The maximum absolute atomic E-state index is 13.4. The Kier molecular flexibility index (Phi) is 4.74. The molecule has 0 saturated heterocycles. The van der Waals surface area contributed by atoms with E-state index in [1.165, 1.54) is 12.1 Å². The zero-order valence-electron chi connectivity index (χ0n) is 10.9. The van der Waals surface area contributed by atoms with Crippen LogP contribution in [0.3, 0.4) is 0 Å². The number of para-hydroxylation sites is 1. The molecule has 0 aliphatic heterocycles. The van der Waals surface area contributed by atoms with Crippen LogP contribution in [0.4, 0.5) is 15.8 Å². The molecule has 0 unspecified atom stereocenters. The fraction of sp³-hybridized carbons (Fsp3) is 0.133. The van der Waals surface area contributed by atoms with Crippen molar-refractivity contribution in [1.29, 1.82) is 0 Å². The van der Waals surface area contributed by atoms with E-state index in [-0.39, 0.29) is 18.1 Å². The lowest BCUT2D eigenvalue weighted by molar-refractivity contribution is -0.114. The highest BCUT2D eigenvalue weighted by Gasteiger charge is 2.07. The average Bonchev–Trinajstić information content (AvgIpc) is 2.42. The van der Waals surface area contributed by atoms with Crippen molar-refractivity contribution in [3.8, 4) is 0 Å². The predicted octanol–water partition coefficient (Wildman–Crippen LogP) is 3.95. The van der Waals surface area contributed by atoms with Crippen molar-refractivity contribution in [2.75, 3.05) is 17.2 Å². The summed E-state index contributed by atoms with van der Waals surface area (Å²) in [5.41, 5.74) is 2.08. The summed E-state index contributed by atoms with van der Waals surface area (Å²) in [4.78, 5) is 11.8. The molecule has 5 heteroatoms. The molecule has 0 radical (unpaired) electrons. The van der Waals surface area contributed by atoms with Crippen molar-refractivity contribution in [3.63, 3.8) is 0 Å². The van der Waals surface area contributed by atoms with Gasteiger partial charge in [-0.2, -0.15) is 0 Å². The Labute approximate surface area is 125 Å². The standard InChI is InChI=1S/C15H14BrFN2O/c1-10-6-7-11(16)8-14(10)18-9-15(20)19-13-5-3-2-4-12(13)17/h2-8,18H,9H2,1H3,(H,19,20). The second-order valence-electron chi connectivity index (χ2n) is 4.34. The van der Waals surface area contributed by atoms with Gasteiger partial charge in [-0.1, -0.05) is 34.1 Å². The maximum atomic E-state index is 13.4. The van der Waals surface area contributed by atoms with E-state index in [2.05, 4.69) is 26.6 Å². The highest BCUT2D eigenvalue weighted by molar-refractivity contribution is 9.10. The van der Waals surface area contributed by atoms with Gasteiger partial charge in [0.25, 0.3) is 0 Å². The van der Waals surface area contributed by atoms with Gasteiger partial charge < -0.3 is 10.6 Å². The molecule has 3 nitrogen and oxygen atoms in total. The minimum Gasteiger partial charge on any atom is -0.376 e. The van der Waals surface area contributed by atoms with E-state index in [4.69, 9.17) is 0 Å². The van der Waals surface area contributed by atoms with Gasteiger partial charge in [-0.15, -0.1) is 0 Å². The maximum Gasteiger partial charge on any atom is 0.243 e. The van der Waals surface area contributed by atoms with Gasteiger partial charge >= 0.3 is 0 Å². The van der Waals surface area contributed by atoms with E-state index in [0.717, 1.165) is 15.7 Å². The van der Waals surface area contributed by atoms with Gasteiger partial charge in [0.1, 0.15) is 5.82 Å². The van der Waals surface area contributed by atoms with Crippen LogP contribution in [-0.4, -0.2) is 12.5 Å². The van der Waals surface area contributed by atoms with Crippen LogP contribution >= 0.6 is 15.9 Å². The van der Waals surface area contributed by atoms with Crippen LogP contribution in [0.1, 0.15) is 5.56 Å². The Morgan fingerprint density at radius 2 is 1.95 bits per heavy atom. The Hall–Kier alpha value is -1.88. The van der Waals surface area contributed by atoms with Crippen molar-refractivity contribution in [1.82, 2.24) is 0 Å². The number of benzene rings is 2. The molecule has 0 fully saturated rings. The number of carbonyl (C=O) groups is 1. The Morgan fingerprint density at radius 3 is 2.70 bits per heavy atom. The molecule has 0 aliphatic rings. The van der Waals surface area contributed by atoms with Crippen molar-refractivity contribution in [2.24, 2.45) is 0 Å². The molecule has 20 heavy (non-hydrogen) atoms. The van der Waals surface area contributed by atoms with Gasteiger partial charge in [0.05, 0.1) is 12.2 Å². The smallest absolute Gasteiger partial charge is 0.243 e. The number of carbonyl (C=O) groups excluding carboxylic acids is 1. The highest BCUT2D eigenvalue weighted by Crippen LogP contribution is 2.20. The molecule has 0 aliphatic carbocycles. The summed E-state index contributed by atoms with van der Waals surface area (Å²) in [5.74, 6) is -0.742. The highest BCUT2D eigenvalue weighted by atomic mass is 79.9. The first-order valence-corrected chi connectivity index (χ1v) is 6.90. The van der Waals surface area contributed by atoms with E-state index in [1.807, 2.05) is 25.1 Å². The SMILES string of the molecule is Cc1ccc(Br)cc1NCC(=O)Nc1ccccc1F. The molecule has 0 bridgehead atoms. The molecule has 2 N–H and O–H groups in total. The quantitative estimate of drug-likeness (QED) is 0.887. The topological polar surface area (TPSA) is 41.1 Å². The van der Waals surface area contributed by atoms with Crippen molar-refractivity contribution in [3.05, 3.63) is 58.3 Å². The zero-order valence-corrected chi connectivity index (χ0v) is 12.5. The molecule has 0 atom stereocenters. The summed E-state index contributed by atoms with van der Waals surface area (Å²) in [6.45, 7) is 2.02. The summed E-state index contributed by atoms with van der Waals surface area (Å²) in [5, 5.41) is 5.56. The number of aryl methyl sites for hydroxylation is 1.